The second-order valence-electron chi connectivity index (χ2n) is 8.10. The highest BCUT2D eigenvalue weighted by Gasteiger charge is 2.34. The van der Waals surface area contributed by atoms with Crippen LogP contribution in [0.2, 0.25) is 0 Å². The second-order valence-corrected chi connectivity index (χ2v) is 9.82. The minimum Gasteiger partial charge on any atom is -0.459 e. The Balaban J connectivity index is 1.30. The summed E-state index contributed by atoms with van der Waals surface area (Å²) >= 11 is 0. The molecular formula is C22H27N3O5S. The lowest BCUT2D eigenvalue weighted by atomic mass is 9.95. The molecule has 0 saturated carbocycles. The predicted octanol–water partition coefficient (Wildman–Crippen LogP) is 2.10. The van der Waals surface area contributed by atoms with Crippen LogP contribution < -0.4 is 4.72 Å². The number of amides is 2. The van der Waals surface area contributed by atoms with Gasteiger partial charge in [-0.25, -0.2) is 13.1 Å². The summed E-state index contributed by atoms with van der Waals surface area (Å²) in [5.41, 5.74) is 0. The average molecular weight is 446 g/mol. The van der Waals surface area contributed by atoms with E-state index in [2.05, 4.69) is 4.72 Å². The van der Waals surface area contributed by atoms with E-state index in [1.54, 1.807) is 52.3 Å². The van der Waals surface area contributed by atoms with Gasteiger partial charge in [0, 0.05) is 32.2 Å². The maximum absolute atomic E-state index is 13.0. The van der Waals surface area contributed by atoms with Crippen molar-refractivity contribution in [1.29, 1.82) is 0 Å². The standard InChI is InChI=1S/C22H27N3O5S/c26-21(17-6-4-12-25(16-17)22(27)20-9-5-15-30-20)24-13-10-18(11-14-24)23-31(28,29)19-7-2-1-3-8-19/h1-3,5,7-9,15,17-18,23H,4,6,10-14,16H2/t17-/m0/s1. The molecule has 2 aromatic rings. The van der Waals surface area contributed by atoms with Crippen molar-refractivity contribution in [1.82, 2.24) is 14.5 Å². The van der Waals surface area contributed by atoms with Crippen LogP contribution in [0.1, 0.15) is 36.2 Å². The van der Waals surface area contributed by atoms with Gasteiger partial charge in [0.25, 0.3) is 5.91 Å². The predicted molar refractivity (Wildman–Crippen MR) is 114 cm³/mol. The SMILES string of the molecule is O=C(c1ccco1)N1CCC[C@H](C(=O)N2CCC(NS(=O)(=O)c3ccccc3)CC2)C1. The van der Waals surface area contributed by atoms with Crippen LogP contribution in [0, 0.1) is 5.92 Å². The zero-order chi connectivity index (χ0) is 21.8. The Morgan fingerprint density at radius 1 is 0.935 bits per heavy atom. The number of carbonyl (C=O) groups is 2. The number of furan rings is 1. The van der Waals surface area contributed by atoms with Crippen LogP contribution in [0.3, 0.4) is 0 Å². The Kier molecular flexibility index (Phi) is 6.43. The summed E-state index contributed by atoms with van der Waals surface area (Å²) in [6.07, 6.45) is 4.13. The van der Waals surface area contributed by atoms with Gasteiger partial charge in [0.1, 0.15) is 0 Å². The monoisotopic (exact) mass is 445 g/mol. The highest BCUT2D eigenvalue weighted by Crippen LogP contribution is 2.23. The molecule has 0 unspecified atom stereocenters. The van der Waals surface area contributed by atoms with Gasteiger partial charge in [0.05, 0.1) is 17.1 Å². The molecule has 2 aliphatic rings. The lowest BCUT2D eigenvalue weighted by Gasteiger charge is -2.37. The fourth-order valence-corrected chi connectivity index (χ4v) is 5.61. The zero-order valence-corrected chi connectivity index (χ0v) is 18.1. The van der Waals surface area contributed by atoms with Gasteiger partial charge < -0.3 is 14.2 Å². The number of likely N-dealkylation sites (tertiary alicyclic amines) is 2. The molecule has 31 heavy (non-hydrogen) atoms. The molecule has 2 amide bonds. The first kappa shape index (κ1) is 21.6. The van der Waals surface area contributed by atoms with Crippen molar-refractivity contribution in [2.45, 2.75) is 36.6 Å². The molecule has 0 radical (unpaired) electrons. The highest BCUT2D eigenvalue weighted by molar-refractivity contribution is 7.89. The van der Waals surface area contributed by atoms with E-state index in [1.165, 1.54) is 6.26 Å². The Morgan fingerprint density at radius 3 is 2.35 bits per heavy atom. The lowest BCUT2D eigenvalue weighted by Crippen LogP contribution is -2.51. The van der Waals surface area contributed by atoms with Crippen LogP contribution in [0.15, 0.2) is 58.0 Å². The van der Waals surface area contributed by atoms with E-state index in [9.17, 15) is 18.0 Å². The molecule has 8 nitrogen and oxygen atoms in total. The fraction of sp³-hybridized carbons (Fsp3) is 0.455. The Hall–Kier alpha value is -2.65. The minimum atomic E-state index is -3.56. The number of sulfonamides is 1. The number of piperidine rings is 2. The van der Waals surface area contributed by atoms with Crippen molar-refractivity contribution < 1.29 is 22.4 Å². The molecule has 166 valence electrons. The summed E-state index contributed by atoms with van der Waals surface area (Å²) in [6.45, 7) is 2.01. The van der Waals surface area contributed by atoms with Gasteiger partial charge in [0.2, 0.25) is 15.9 Å². The van der Waals surface area contributed by atoms with Gasteiger partial charge >= 0.3 is 0 Å². The number of nitrogens with zero attached hydrogens (tertiary/aromatic N) is 2. The summed E-state index contributed by atoms with van der Waals surface area (Å²) in [5.74, 6) is -0.0809. The molecule has 4 rings (SSSR count). The molecule has 2 saturated heterocycles. The van der Waals surface area contributed by atoms with E-state index in [1.807, 2.05) is 0 Å². The third-order valence-electron chi connectivity index (χ3n) is 5.97. The molecule has 9 heteroatoms. The molecule has 0 spiro atoms. The lowest BCUT2D eigenvalue weighted by molar-refractivity contribution is -0.138. The number of benzene rings is 1. The summed E-state index contributed by atoms with van der Waals surface area (Å²) < 4.78 is 33.0. The molecule has 1 atom stereocenters. The Bertz CT molecular complexity index is 999. The molecule has 1 aromatic heterocycles. The number of rotatable bonds is 5. The normalized spacial score (nSPS) is 20.6. The molecule has 1 N–H and O–H groups in total. The smallest absolute Gasteiger partial charge is 0.289 e. The van der Waals surface area contributed by atoms with Gasteiger partial charge in [-0.3, -0.25) is 9.59 Å². The van der Waals surface area contributed by atoms with Crippen molar-refractivity contribution >= 4 is 21.8 Å². The summed E-state index contributed by atoms with van der Waals surface area (Å²) in [4.78, 5) is 29.3. The van der Waals surface area contributed by atoms with E-state index in [-0.39, 0.29) is 28.7 Å². The van der Waals surface area contributed by atoms with Gasteiger partial charge in [-0.15, -0.1) is 0 Å². The van der Waals surface area contributed by atoms with Gasteiger partial charge in [0.15, 0.2) is 5.76 Å². The average Bonchev–Trinajstić information content (AvgIpc) is 3.34. The molecule has 2 aliphatic heterocycles. The molecule has 0 bridgehead atoms. The number of hydrogen-bond acceptors (Lipinski definition) is 5. The summed E-state index contributed by atoms with van der Waals surface area (Å²) in [6, 6.07) is 11.4. The topological polar surface area (TPSA) is 99.9 Å². The Labute approximate surface area is 182 Å². The molecule has 0 aliphatic carbocycles. The first-order valence-corrected chi connectivity index (χ1v) is 12.1. The third kappa shape index (κ3) is 4.99. The van der Waals surface area contributed by atoms with Crippen molar-refractivity contribution in [3.63, 3.8) is 0 Å². The van der Waals surface area contributed by atoms with Crippen LogP contribution in [-0.4, -0.2) is 62.3 Å². The van der Waals surface area contributed by atoms with Crippen LogP contribution in [-0.2, 0) is 14.8 Å². The van der Waals surface area contributed by atoms with Gasteiger partial charge in [-0.2, -0.15) is 0 Å². The maximum atomic E-state index is 13.0. The second kappa shape index (κ2) is 9.23. The van der Waals surface area contributed by atoms with E-state index in [0.717, 1.165) is 12.8 Å². The molecular weight excluding hydrogens is 418 g/mol. The van der Waals surface area contributed by atoms with E-state index in [4.69, 9.17) is 4.42 Å². The first-order chi connectivity index (χ1) is 14.9. The van der Waals surface area contributed by atoms with Gasteiger partial charge in [-0.05, 0) is 49.9 Å². The molecule has 1 aromatic carbocycles. The van der Waals surface area contributed by atoms with Crippen LogP contribution >= 0.6 is 0 Å². The number of hydrogen-bond donors (Lipinski definition) is 1. The quantitative estimate of drug-likeness (QED) is 0.760. The van der Waals surface area contributed by atoms with E-state index < -0.39 is 10.0 Å². The van der Waals surface area contributed by atoms with Crippen LogP contribution in [0.25, 0.3) is 0 Å². The van der Waals surface area contributed by atoms with Crippen molar-refractivity contribution in [2.75, 3.05) is 26.2 Å². The molecule has 2 fully saturated rings. The summed E-state index contributed by atoms with van der Waals surface area (Å²) in [7, 11) is -3.56. The van der Waals surface area contributed by atoms with Crippen LogP contribution in [0.5, 0.6) is 0 Å². The Morgan fingerprint density at radius 2 is 1.68 bits per heavy atom. The first-order valence-electron chi connectivity index (χ1n) is 10.6. The minimum absolute atomic E-state index is 0.0429. The van der Waals surface area contributed by atoms with Crippen LogP contribution in [0.4, 0.5) is 0 Å². The van der Waals surface area contributed by atoms with Crippen molar-refractivity contribution in [2.24, 2.45) is 5.92 Å². The largest absolute Gasteiger partial charge is 0.459 e. The van der Waals surface area contributed by atoms with Crippen molar-refractivity contribution in [3.05, 3.63) is 54.5 Å². The summed E-state index contributed by atoms with van der Waals surface area (Å²) in [5, 5.41) is 0. The number of nitrogens with one attached hydrogen (secondary N) is 1. The number of carbonyl (C=O) groups excluding carboxylic acids is 2. The van der Waals surface area contributed by atoms with E-state index >= 15 is 0 Å². The third-order valence-corrected chi connectivity index (χ3v) is 7.51. The highest BCUT2D eigenvalue weighted by atomic mass is 32.2. The zero-order valence-electron chi connectivity index (χ0n) is 17.3. The van der Waals surface area contributed by atoms with Gasteiger partial charge in [-0.1, -0.05) is 18.2 Å². The molecule has 3 heterocycles. The maximum Gasteiger partial charge on any atom is 0.289 e. The van der Waals surface area contributed by atoms with Crippen molar-refractivity contribution in [3.8, 4) is 0 Å². The van der Waals surface area contributed by atoms with E-state index in [0.29, 0.717) is 44.8 Å². The fourth-order valence-electron chi connectivity index (χ4n) is 4.28.